The molecule has 0 saturated carbocycles. The molecule has 0 aliphatic rings. The Labute approximate surface area is 115 Å². The van der Waals surface area contributed by atoms with Crippen LogP contribution in [-0.2, 0) is 24.3 Å². The van der Waals surface area contributed by atoms with Crippen molar-refractivity contribution in [1.29, 1.82) is 0 Å². The van der Waals surface area contributed by atoms with Gasteiger partial charge in [-0.15, -0.1) is 0 Å². The Hall–Kier alpha value is -2.13. The van der Waals surface area contributed by atoms with Gasteiger partial charge in [0.2, 0.25) is 15.9 Å². The van der Waals surface area contributed by atoms with Crippen molar-refractivity contribution in [3.05, 3.63) is 24.3 Å². The third-order valence-corrected chi connectivity index (χ3v) is 2.51. The first kappa shape index (κ1) is 15.9. The number of nitrogens with one attached hydrogen (secondary N) is 2. The average molecular weight is 302 g/mol. The molecule has 0 atom stereocenters. The molecular weight excluding hydrogens is 288 g/mol. The monoisotopic (exact) mass is 302 g/mol. The zero-order chi connectivity index (χ0) is 15.2. The van der Waals surface area contributed by atoms with Gasteiger partial charge in [-0.3, -0.25) is 9.52 Å². The summed E-state index contributed by atoms with van der Waals surface area (Å²) in [4.78, 5) is 21.6. The summed E-state index contributed by atoms with van der Waals surface area (Å²) >= 11 is 0. The molecule has 3 N–H and O–H groups in total. The number of aliphatic carboxylic acids is 1. The van der Waals surface area contributed by atoms with Gasteiger partial charge in [0.15, 0.2) is 0 Å². The minimum atomic E-state index is -3.40. The van der Waals surface area contributed by atoms with E-state index in [1.165, 1.54) is 12.1 Å². The number of carbonyl (C=O) groups is 2. The first-order valence-corrected chi connectivity index (χ1v) is 7.32. The van der Waals surface area contributed by atoms with Crippen LogP contribution < -0.4 is 10.0 Å². The molecule has 0 radical (unpaired) electrons. The number of rotatable bonds is 7. The van der Waals surface area contributed by atoms with Crippen molar-refractivity contribution in [2.45, 2.75) is 0 Å². The highest BCUT2D eigenvalue weighted by Gasteiger charge is 2.06. The first-order chi connectivity index (χ1) is 9.26. The van der Waals surface area contributed by atoms with E-state index in [2.05, 4.69) is 14.8 Å². The Morgan fingerprint density at radius 2 is 1.90 bits per heavy atom. The lowest BCUT2D eigenvalue weighted by atomic mass is 10.3. The number of carbonyl (C=O) groups excluding carboxylic acids is 1. The predicted octanol–water partition coefficient (Wildman–Crippen LogP) is 0.0978. The van der Waals surface area contributed by atoms with Gasteiger partial charge >= 0.3 is 5.97 Å². The van der Waals surface area contributed by atoms with Crippen molar-refractivity contribution in [2.24, 2.45) is 0 Å². The molecule has 110 valence electrons. The quantitative estimate of drug-likeness (QED) is 0.656. The molecule has 0 unspecified atom stereocenters. The fourth-order valence-corrected chi connectivity index (χ4v) is 1.86. The third kappa shape index (κ3) is 6.71. The lowest BCUT2D eigenvalue weighted by molar-refractivity contribution is -0.143. The summed E-state index contributed by atoms with van der Waals surface area (Å²) in [6, 6.07) is 6.07. The second-order valence-corrected chi connectivity index (χ2v) is 5.64. The van der Waals surface area contributed by atoms with Gasteiger partial charge < -0.3 is 15.2 Å². The predicted molar refractivity (Wildman–Crippen MR) is 72.0 cm³/mol. The van der Waals surface area contributed by atoms with Gasteiger partial charge in [-0.1, -0.05) is 6.07 Å². The number of sulfonamides is 1. The van der Waals surface area contributed by atoms with Crippen molar-refractivity contribution in [3.8, 4) is 0 Å². The summed E-state index contributed by atoms with van der Waals surface area (Å²) in [6.07, 6.45) is 1.01. The Morgan fingerprint density at radius 1 is 1.25 bits per heavy atom. The molecule has 1 aromatic rings. The van der Waals surface area contributed by atoms with E-state index in [0.717, 1.165) is 6.26 Å². The van der Waals surface area contributed by atoms with Crippen LogP contribution in [0, 0.1) is 0 Å². The summed E-state index contributed by atoms with van der Waals surface area (Å²) in [5.74, 6) is -1.71. The van der Waals surface area contributed by atoms with Crippen LogP contribution in [0.3, 0.4) is 0 Å². The van der Waals surface area contributed by atoms with E-state index < -0.39 is 35.1 Å². The zero-order valence-electron chi connectivity index (χ0n) is 10.6. The molecule has 0 spiro atoms. The maximum atomic E-state index is 11.4. The van der Waals surface area contributed by atoms with Gasteiger partial charge in [-0.05, 0) is 18.2 Å². The van der Waals surface area contributed by atoms with Crippen LogP contribution in [0.15, 0.2) is 24.3 Å². The molecule has 20 heavy (non-hydrogen) atoms. The van der Waals surface area contributed by atoms with Gasteiger partial charge in [0.1, 0.15) is 13.2 Å². The third-order valence-electron chi connectivity index (χ3n) is 1.91. The Balaban J connectivity index is 2.57. The lowest BCUT2D eigenvalue weighted by Gasteiger charge is -2.08. The van der Waals surface area contributed by atoms with Crippen LogP contribution >= 0.6 is 0 Å². The van der Waals surface area contributed by atoms with Crippen LogP contribution in [-0.4, -0.2) is 44.9 Å². The number of ether oxygens (including phenoxy) is 1. The van der Waals surface area contributed by atoms with E-state index in [1.54, 1.807) is 12.1 Å². The Morgan fingerprint density at radius 3 is 2.50 bits per heavy atom. The second kappa shape index (κ2) is 6.87. The highest BCUT2D eigenvalue weighted by molar-refractivity contribution is 7.92. The summed E-state index contributed by atoms with van der Waals surface area (Å²) in [5, 5.41) is 10.8. The van der Waals surface area contributed by atoms with Crippen LogP contribution in [0.1, 0.15) is 0 Å². The van der Waals surface area contributed by atoms with Gasteiger partial charge in [0.25, 0.3) is 0 Å². The molecule has 8 nitrogen and oxygen atoms in total. The number of anilines is 2. The minimum Gasteiger partial charge on any atom is -0.480 e. The fourth-order valence-electron chi connectivity index (χ4n) is 1.30. The average Bonchev–Trinajstić information content (AvgIpc) is 2.26. The molecule has 0 fully saturated rings. The Kier molecular flexibility index (Phi) is 5.47. The van der Waals surface area contributed by atoms with Crippen LogP contribution in [0.25, 0.3) is 0 Å². The van der Waals surface area contributed by atoms with Crippen LogP contribution in [0.5, 0.6) is 0 Å². The van der Waals surface area contributed by atoms with Gasteiger partial charge in [0, 0.05) is 5.69 Å². The second-order valence-electron chi connectivity index (χ2n) is 3.89. The molecule has 0 heterocycles. The van der Waals surface area contributed by atoms with E-state index >= 15 is 0 Å². The number of carboxylic acids is 1. The van der Waals surface area contributed by atoms with Crippen LogP contribution in [0.4, 0.5) is 11.4 Å². The molecule has 0 aliphatic carbocycles. The molecule has 0 saturated heterocycles. The number of hydrogen-bond acceptors (Lipinski definition) is 5. The van der Waals surface area contributed by atoms with Gasteiger partial charge in [-0.25, -0.2) is 13.2 Å². The molecule has 1 amide bonds. The number of carboxylic acid groups (broad SMARTS) is 1. The number of amides is 1. The molecule has 0 aromatic heterocycles. The van der Waals surface area contributed by atoms with Crippen molar-refractivity contribution >= 4 is 33.3 Å². The molecule has 1 rings (SSSR count). The minimum absolute atomic E-state index is 0.303. The maximum absolute atomic E-state index is 11.4. The molecular formula is C11H14N2O6S. The molecule has 1 aromatic carbocycles. The lowest BCUT2D eigenvalue weighted by Crippen LogP contribution is -2.20. The van der Waals surface area contributed by atoms with Crippen LogP contribution in [0.2, 0.25) is 0 Å². The van der Waals surface area contributed by atoms with E-state index in [4.69, 9.17) is 5.11 Å². The summed E-state index contributed by atoms with van der Waals surface area (Å²) in [6.45, 7) is -0.973. The molecule has 0 aliphatic heterocycles. The standard InChI is InChI=1S/C11H14N2O6S/c1-20(17,18)13-9-4-2-3-8(5-9)12-10(14)6-19-7-11(15)16/h2-5,13H,6-7H2,1H3,(H,12,14)(H,15,16). The first-order valence-electron chi connectivity index (χ1n) is 5.43. The zero-order valence-corrected chi connectivity index (χ0v) is 11.4. The molecule has 9 heteroatoms. The largest absolute Gasteiger partial charge is 0.480 e. The van der Waals surface area contributed by atoms with Crippen molar-refractivity contribution in [1.82, 2.24) is 0 Å². The summed E-state index contributed by atoms with van der Waals surface area (Å²) in [5.41, 5.74) is 0.666. The van der Waals surface area contributed by atoms with E-state index in [0.29, 0.717) is 11.4 Å². The van der Waals surface area contributed by atoms with Crippen molar-refractivity contribution < 1.29 is 27.9 Å². The van der Waals surface area contributed by atoms with E-state index in [1.807, 2.05) is 0 Å². The number of hydrogen-bond donors (Lipinski definition) is 3. The summed E-state index contributed by atoms with van der Waals surface area (Å²) in [7, 11) is -3.40. The van der Waals surface area contributed by atoms with Crippen molar-refractivity contribution in [3.63, 3.8) is 0 Å². The SMILES string of the molecule is CS(=O)(=O)Nc1cccc(NC(=O)COCC(=O)O)c1. The van der Waals surface area contributed by atoms with E-state index in [9.17, 15) is 18.0 Å². The smallest absolute Gasteiger partial charge is 0.329 e. The normalized spacial score (nSPS) is 10.8. The van der Waals surface area contributed by atoms with E-state index in [-0.39, 0.29) is 0 Å². The van der Waals surface area contributed by atoms with Gasteiger partial charge in [-0.2, -0.15) is 0 Å². The number of benzene rings is 1. The van der Waals surface area contributed by atoms with Crippen molar-refractivity contribution in [2.75, 3.05) is 29.5 Å². The topological polar surface area (TPSA) is 122 Å². The highest BCUT2D eigenvalue weighted by Crippen LogP contribution is 2.15. The fraction of sp³-hybridized carbons (Fsp3) is 0.273. The van der Waals surface area contributed by atoms with Gasteiger partial charge in [0.05, 0.1) is 11.9 Å². The molecule has 0 bridgehead atoms. The Bertz CT molecular complexity index is 599. The highest BCUT2D eigenvalue weighted by atomic mass is 32.2. The summed E-state index contributed by atoms with van der Waals surface area (Å²) < 4.78 is 29.0. The maximum Gasteiger partial charge on any atom is 0.329 e.